The topological polar surface area (TPSA) is 120 Å². The molecular weight excluding hydrogens is 634 g/mol. The van der Waals surface area contributed by atoms with E-state index in [9.17, 15) is 36.7 Å². The van der Waals surface area contributed by atoms with Gasteiger partial charge in [-0.05, 0) is 68.0 Å². The van der Waals surface area contributed by atoms with Crippen LogP contribution in [-0.2, 0) is 32.0 Å². The molecule has 3 aliphatic heterocycles. The lowest BCUT2D eigenvalue weighted by atomic mass is 9.95. The van der Waals surface area contributed by atoms with E-state index in [2.05, 4.69) is 10.6 Å². The lowest BCUT2D eigenvalue weighted by Gasteiger charge is -2.35. The molecule has 260 valence electrons. The van der Waals surface area contributed by atoms with Crippen LogP contribution in [0.2, 0.25) is 0 Å². The summed E-state index contributed by atoms with van der Waals surface area (Å²) in [6.45, 7) is 1.50. The van der Waals surface area contributed by atoms with E-state index in [1.165, 1.54) is 4.90 Å². The Morgan fingerprint density at radius 3 is 2.21 bits per heavy atom. The average Bonchev–Trinajstić information content (AvgIpc) is 3.45. The maximum atomic E-state index is 14.5. The van der Waals surface area contributed by atoms with E-state index in [0.717, 1.165) is 5.56 Å². The lowest BCUT2D eigenvalue weighted by molar-refractivity contribution is -0.141. The van der Waals surface area contributed by atoms with Crippen LogP contribution in [-0.4, -0.2) is 96.1 Å². The van der Waals surface area contributed by atoms with E-state index >= 15 is 0 Å². The van der Waals surface area contributed by atoms with Gasteiger partial charge in [0, 0.05) is 45.4 Å². The highest BCUT2D eigenvalue weighted by Gasteiger charge is 2.37. The zero-order chi connectivity index (χ0) is 34.5. The van der Waals surface area contributed by atoms with Gasteiger partial charge in [0.2, 0.25) is 23.6 Å². The number of hydrogen-bond donors (Lipinski definition) is 3. The van der Waals surface area contributed by atoms with Gasteiger partial charge in [0.15, 0.2) is 0 Å². The molecule has 0 spiro atoms. The van der Waals surface area contributed by atoms with Crippen molar-refractivity contribution >= 4 is 23.6 Å². The number of amides is 4. The van der Waals surface area contributed by atoms with Crippen LogP contribution in [0.15, 0.2) is 48.5 Å². The fourth-order valence-corrected chi connectivity index (χ4v) is 6.29. The monoisotopic (exact) mass is 675 g/mol. The Morgan fingerprint density at radius 2 is 1.60 bits per heavy atom. The van der Waals surface area contributed by atoms with Crippen molar-refractivity contribution in [2.75, 3.05) is 32.7 Å². The van der Waals surface area contributed by atoms with Gasteiger partial charge in [-0.3, -0.25) is 19.2 Å². The molecule has 3 aliphatic rings. The van der Waals surface area contributed by atoms with Crippen molar-refractivity contribution < 1.29 is 41.5 Å². The molecular formula is C34H41F4N5O5. The van der Waals surface area contributed by atoms with Gasteiger partial charge in [0.25, 0.3) is 0 Å². The Morgan fingerprint density at radius 1 is 0.958 bits per heavy atom. The second-order valence-electron chi connectivity index (χ2n) is 13.0. The minimum absolute atomic E-state index is 0.0803. The Kier molecular flexibility index (Phi) is 10.9. The number of nitrogens with zero attached hydrogens (tertiary/aromatic N) is 2. The first-order valence-electron chi connectivity index (χ1n) is 16.3. The van der Waals surface area contributed by atoms with Crippen LogP contribution in [0.25, 0.3) is 0 Å². The third-order valence-corrected chi connectivity index (χ3v) is 9.05. The second-order valence-corrected chi connectivity index (χ2v) is 13.0. The van der Waals surface area contributed by atoms with Crippen LogP contribution in [0.3, 0.4) is 0 Å². The lowest BCUT2D eigenvalue weighted by Crippen LogP contribution is -2.58. The Bertz CT molecular complexity index is 1490. The van der Waals surface area contributed by atoms with Crippen molar-refractivity contribution in [3.8, 4) is 11.5 Å². The molecule has 2 saturated heterocycles. The summed E-state index contributed by atoms with van der Waals surface area (Å²) in [5.74, 6) is -1.74. The normalized spacial score (nSPS) is 24.0. The molecule has 0 radical (unpaired) electrons. The van der Waals surface area contributed by atoms with Crippen LogP contribution in [0, 0.1) is 0 Å². The smallest absolute Gasteiger partial charge is 0.405 e. The maximum Gasteiger partial charge on any atom is 0.405 e. The summed E-state index contributed by atoms with van der Waals surface area (Å²) < 4.78 is 59.6. The highest BCUT2D eigenvalue weighted by atomic mass is 19.4. The summed E-state index contributed by atoms with van der Waals surface area (Å²) in [5, 5.41) is 7.23. The van der Waals surface area contributed by atoms with Gasteiger partial charge in [-0.1, -0.05) is 24.3 Å². The molecule has 3 N–H and O–H groups in total. The summed E-state index contributed by atoms with van der Waals surface area (Å²) >= 11 is 0. The van der Waals surface area contributed by atoms with Gasteiger partial charge in [0.1, 0.15) is 41.8 Å². The molecule has 2 aromatic rings. The van der Waals surface area contributed by atoms with E-state index in [0.29, 0.717) is 62.5 Å². The molecule has 0 saturated carbocycles. The van der Waals surface area contributed by atoms with Gasteiger partial charge < -0.3 is 30.5 Å². The standard InChI is InChI=1S/C34H41F4N5O5/c1-33(35)11-15-42(16-12-33)14-10-26-31(46)41-27(30(45)39-21-34(36,37)38)19-22-5-2-7-24(17-22)48-25-8-3-6-23(18-25)20-28(32(47)40-26)43-13-4-9-29(43)44/h2-3,5-8,17-18,26-28H,4,9-16,19-21H2,1H3,(H,39,45)(H,40,47)(H,41,46)/t26-,27-,28-/m0/s1. The highest BCUT2D eigenvalue weighted by molar-refractivity contribution is 5.94. The quantitative estimate of drug-likeness (QED) is 0.404. The molecule has 0 unspecified atom stereocenters. The number of likely N-dealkylation sites (tertiary alicyclic amines) is 2. The highest BCUT2D eigenvalue weighted by Crippen LogP contribution is 2.27. The van der Waals surface area contributed by atoms with Crippen LogP contribution < -0.4 is 20.7 Å². The Hall–Kier alpha value is -4.20. The van der Waals surface area contributed by atoms with Crippen molar-refractivity contribution in [2.45, 2.75) is 81.8 Å². The predicted molar refractivity (Wildman–Crippen MR) is 168 cm³/mol. The number of ether oxygens (including phenoxy) is 1. The molecule has 4 amide bonds. The summed E-state index contributed by atoms with van der Waals surface area (Å²) in [6, 6.07) is 10.1. The predicted octanol–water partition coefficient (Wildman–Crippen LogP) is 3.43. The number of alkyl halides is 4. The first-order valence-corrected chi connectivity index (χ1v) is 16.3. The van der Waals surface area contributed by atoms with E-state index < -0.39 is 54.2 Å². The zero-order valence-corrected chi connectivity index (χ0v) is 26.8. The Balaban J connectivity index is 1.48. The Labute approximate surface area is 276 Å². The molecule has 2 fully saturated rings. The summed E-state index contributed by atoms with van der Waals surface area (Å²) in [5.41, 5.74) is -0.0597. The maximum absolute atomic E-state index is 14.5. The number of benzene rings is 2. The van der Waals surface area contributed by atoms with Crippen molar-refractivity contribution in [1.82, 2.24) is 25.8 Å². The molecule has 10 nitrogen and oxygen atoms in total. The van der Waals surface area contributed by atoms with Gasteiger partial charge in [-0.2, -0.15) is 13.2 Å². The molecule has 5 rings (SSSR count). The van der Waals surface area contributed by atoms with Crippen LogP contribution in [0.1, 0.15) is 50.2 Å². The minimum Gasteiger partial charge on any atom is -0.457 e. The van der Waals surface area contributed by atoms with Crippen LogP contribution in [0.4, 0.5) is 17.6 Å². The zero-order valence-electron chi connectivity index (χ0n) is 26.8. The molecule has 14 heteroatoms. The van der Waals surface area contributed by atoms with Crippen molar-refractivity contribution in [3.05, 3.63) is 59.7 Å². The minimum atomic E-state index is -4.68. The van der Waals surface area contributed by atoms with Crippen molar-refractivity contribution in [3.63, 3.8) is 0 Å². The first-order chi connectivity index (χ1) is 22.7. The summed E-state index contributed by atoms with van der Waals surface area (Å²) in [4.78, 5) is 57.3. The number of fused-ring (bicyclic) bond motifs is 4. The third-order valence-electron chi connectivity index (χ3n) is 9.05. The van der Waals surface area contributed by atoms with E-state index in [1.807, 2.05) is 16.3 Å². The van der Waals surface area contributed by atoms with Crippen molar-refractivity contribution in [2.24, 2.45) is 0 Å². The molecule has 48 heavy (non-hydrogen) atoms. The fraction of sp³-hybridized carbons (Fsp3) is 0.529. The average molecular weight is 676 g/mol. The number of carbonyl (C=O) groups excluding carboxylic acids is 4. The number of piperidine rings is 1. The third kappa shape index (κ3) is 9.68. The number of hydrogen-bond acceptors (Lipinski definition) is 6. The van der Waals surface area contributed by atoms with Crippen LogP contribution >= 0.6 is 0 Å². The molecule has 2 aromatic carbocycles. The summed E-state index contributed by atoms with van der Waals surface area (Å²) in [6.07, 6.45) is -3.17. The number of nitrogens with one attached hydrogen (secondary N) is 3. The first kappa shape index (κ1) is 35.1. The van der Waals surface area contributed by atoms with E-state index in [-0.39, 0.29) is 31.6 Å². The SMILES string of the molecule is CC1(F)CCN(CC[C@@H]2NC(=O)[C@@H](N3CCCC3=O)Cc3cccc(c3)Oc3cccc(c3)C[C@@H](C(=O)NCC(F)(F)F)NC2=O)CC1. The van der Waals surface area contributed by atoms with Gasteiger partial charge in [-0.25, -0.2) is 4.39 Å². The number of halogens is 4. The molecule has 4 bridgehead atoms. The molecule has 3 heterocycles. The van der Waals surface area contributed by atoms with Crippen LogP contribution in [0.5, 0.6) is 11.5 Å². The second kappa shape index (κ2) is 14.9. The van der Waals surface area contributed by atoms with Crippen molar-refractivity contribution in [1.29, 1.82) is 0 Å². The van der Waals surface area contributed by atoms with Gasteiger partial charge in [0.05, 0.1) is 0 Å². The largest absolute Gasteiger partial charge is 0.457 e. The summed E-state index contributed by atoms with van der Waals surface area (Å²) in [7, 11) is 0. The van der Waals surface area contributed by atoms with E-state index in [1.54, 1.807) is 49.4 Å². The molecule has 0 aliphatic carbocycles. The van der Waals surface area contributed by atoms with Gasteiger partial charge >= 0.3 is 6.18 Å². The van der Waals surface area contributed by atoms with E-state index in [4.69, 9.17) is 4.74 Å². The molecule has 3 atom stereocenters. The van der Waals surface area contributed by atoms with Gasteiger partial charge in [-0.15, -0.1) is 0 Å². The number of carbonyl (C=O) groups is 4. The molecule has 0 aromatic heterocycles. The number of rotatable bonds is 6. The fourth-order valence-electron chi connectivity index (χ4n) is 6.29.